The van der Waals surface area contributed by atoms with Crippen molar-refractivity contribution in [2.24, 2.45) is 0 Å². The van der Waals surface area contributed by atoms with Crippen LogP contribution in [0.5, 0.6) is 0 Å². The molecule has 2 aromatic rings. The molecule has 0 aliphatic carbocycles. The minimum Gasteiger partial charge on any atom is -0.379 e. The Morgan fingerprint density at radius 3 is 2.81 bits per heavy atom. The van der Waals surface area contributed by atoms with Gasteiger partial charge in [-0.05, 0) is 37.9 Å². The van der Waals surface area contributed by atoms with Crippen molar-refractivity contribution in [3.05, 3.63) is 35.9 Å². The van der Waals surface area contributed by atoms with Crippen LogP contribution >= 0.6 is 0 Å². The first-order chi connectivity index (χ1) is 15.1. The second-order valence-corrected chi connectivity index (χ2v) is 8.37. The fraction of sp³-hybridized carbons (Fsp3) is 0.591. The third kappa shape index (κ3) is 4.67. The summed E-state index contributed by atoms with van der Waals surface area (Å²) in [4.78, 5) is 36.1. The van der Waals surface area contributed by atoms with E-state index >= 15 is 0 Å². The van der Waals surface area contributed by atoms with Crippen LogP contribution in [-0.2, 0) is 4.74 Å². The van der Waals surface area contributed by atoms with Gasteiger partial charge in [0, 0.05) is 46.5 Å². The average Bonchev–Trinajstić information content (AvgIpc) is 3.41. The van der Waals surface area contributed by atoms with Crippen molar-refractivity contribution in [2.75, 3.05) is 60.0 Å². The highest BCUT2D eigenvalue weighted by Crippen LogP contribution is 2.33. The maximum atomic E-state index is 13.0. The maximum Gasteiger partial charge on any atom is 0.320 e. The van der Waals surface area contributed by atoms with Gasteiger partial charge in [0.05, 0.1) is 24.8 Å². The molecule has 1 unspecified atom stereocenters. The summed E-state index contributed by atoms with van der Waals surface area (Å²) in [5.74, 6) is 0.585. The number of hydrogen-bond acceptors (Lipinski definition) is 5. The Labute approximate surface area is 182 Å². The van der Waals surface area contributed by atoms with E-state index in [2.05, 4.69) is 10.2 Å². The van der Waals surface area contributed by atoms with E-state index < -0.39 is 0 Å². The largest absolute Gasteiger partial charge is 0.379 e. The van der Waals surface area contributed by atoms with Gasteiger partial charge in [0.1, 0.15) is 5.82 Å². The molecular weight excluding hydrogens is 396 g/mol. The number of aromatic nitrogens is 2. The Kier molecular flexibility index (Phi) is 6.72. The molecule has 0 aromatic carbocycles. The molecule has 3 amide bonds. The number of imidazole rings is 1. The summed E-state index contributed by atoms with van der Waals surface area (Å²) in [5.41, 5.74) is 1.19. The number of urea groups is 1. The minimum atomic E-state index is -0.166. The molecule has 9 heteroatoms. The highest BCUT2D eigenvalue weighted by atomic mass is 16.5. The van der Waals surface area contributed by atoms with E-state index in [1.807, 2.05) is 33.7 Å². The molecule has 2 fully saturated rings. The van der Waals surface area contributed by atoms with Gasteiger partial charge >= 0.3 is 6.03 Å². The summed E-state index contributed by atoms with van der Waals surface area (Å²) < 4.78 is 7.33. The first-order valence-electron chi connectivity index (χ1n) is 11.1. The van der Waals surface area contributed by atoms with Gasteiger partial charge in [-0.15, -0.1) is 0 Å². The van der Waals surface area contributed by atoms with Crippen LogP contribution in [0.2, 0.25) is 0 Å². The maximum absolute atomic E-state index is 13.0. The van der Waals surface area contributed by atoms with Gasteiger partial charge in [-0.1, -0.05) is 6.07 Å². The number of pyridine rings is 1. The third-order valence-electron chi connectivity index (χ3n) is 6.01. The molecule has 9 nitrogen and oxygen atoms in total. The lowest BCUT2D eigenvalue weighted by atomic mass is 10.2. The Morgan fingerprint density at radius 2 is 2.03 bits per heavy atom. The normalized spacial score (nSPS) is 19.7. The predicted octanol–water partition coefficient (Wildman–Crippen LogP) is 1.60. The molecule has 1 N–H and O–H groups in total. The van der Waals surface area contributed by atoms with Crippen molar-refractivity contribution in [3.63, 3.8) is 0 Å². The Bertz CT molecular complexity index is 921. The fourth-order valence-electron chi connectivity index (χ4n) is 4.40. The lowest BCUT2D eigenvalue weighted by Gasteiger charge is -2.27. The molecule has 168 valence electrons. The first-order valence-corrected chi connectivity index (χ1v) is 11.1. The molecule has 4 rings (SSSR count). The Morgan fingerprint density at radius 1 is 1.23 bits per heavy atom. The number of hydrogen-bond donors (Lipinski definition) is 1. The topological polar surface area (TPSA) is 82.4 Å². The van der Waals surface area contributed by atoms with E-state index in [1.54, 1.807) is 19.0 Å². The van der Waals surface area contributed by atoms with Crippen molar-refractivity contribution in [3.8, 4) is 0 Å². The molecule has 0 bridgehead atoms. The van der Waals surface area contributed by atoms with Crippen molar-refractivity contribution in [1.82, 2.24) is 29.4 Å². The van der Waals surface area contributed by atoms with Crippen LogP contribution in [0, 0.1) is 0 Å². The van der Waals surface area contributed by atoms with Crippen molar-refractivity contribution >= 4 is 17.5 Å². The van der Waals surface area contributed by atoms with Crippen LogP contribution in [0.3, 0.4) is 0 Å². The number of amides is 3. The second-order valence-electron chi connectivity index (χ2n) is 8.37. The molecule has 2 aromatic heterocycles. The number of fused-ring (bicyclic) bond motifs is 1. The van der Waals surface area contributed by atoms with Crippen LogP contribution in [0.15, 0.2) is 24.4 Å². The zero-order valence-corrected chi connectivity index (χ0v) is 18.4. The highest BCUT2D eigenvalue weighted by molar-refractivity contribution is 5.99. The second kappa shape index (κ2) is 9.65. The van der Waals surface area contributed by atoms with Crippen LogP contribution in [0.25, 0.3) is 5.52 Å². The molecule has 0 spiro atoms. The Balaban J connectivity index is 1.47. The van der Waals surface area contributed by atoms with Crippen LogP contribution < -0.4 is 5.32 Å². The molecule has 4 heterocycles. The smallest absolute Gasteiger partial charge is 0.320 e. The number of carbonyl (C=O) groups is 2. The summed E-state index contributed by atoms with van der Waals surface area (Å²) in [6.45, 7) is 5.72. The van der Waals surface area contributed by atoms with Crippen molar-refractivity contribution in [2.45, 2.75) is 25.3 Å². The quantitative estimate of drug-likeness (QED) is 0.707. The Hall–Kier alpha value is -2.65. The minimum absolute atomic E-state index is 0.0238. The number of nitrogens with one attached hydrogen (secondary N) is 1. The predicted molar refractivity (Wildman–Crippen MR) is 117 cm³/mol. The van der Waals surface area contributed by atoms with Gasteiger partial charge in [0.2, 0.25) is 0 Å². The molecular formula is C22H32N6O3. The number of ether oxygens (including phenoxy) is 1. The van der Waals surface area contributed by atoms with Gasteiger partial charge in [0.25, 0.3) is 5.91 Å². The molecule has 2 saturated heterocycles. The summed E-state index contributed by atoms with van der Waals surface area (Å²) in [6, 6.07) is 5.59. The van der Waals surface area contributed by atoms with Gasteiger partial charge in [0.15, 0.2) is 5.69 Å². The van der Waals surface area contributed by atoms with Crippen molar-refractivity contribution in [1.29, 1.82) is 0 Å². The number of carbonyl (C=O) groups excluding carboxylic acids is 2. The summed E-state index contributed by atoms with van der Waals surface area (Å²) in [7, 11) is 3.52. The monoisotopic (exact) mass is 428 g/mol. The number of nitrogens with zero attached hydrogens (tertiary/aromatic N) is 5. The zero-order valence-electron chi connectivity index (χ0n) is 18.4. The summed E-state index contributed by atoms with van der Waals surface area (Å²) in [6.07, 6.45) is 4.57. The third-order valence-corrected chi connectivity index (χ3v) is 6.01. The first kappa shape index (κ1) is 21.6. The number of likely N-dealkylation sites (tertiary alicyclic amines) is 1. The number of morpholine rings is 1. The van der Waals surface area contributed by atoms with Crippen LogP contribution in [-0.4, -0.2) is 96.1 Å². The summed E-state index contributed by atoms with van der Waals surface area (Å²) in [5, 5.41) is 3.03. The zero-order chi connectivity index (χ0) is 21.8. The molecule has 1 atom stereocenters. The van der Waals surface area contributed by atoms with Crippen LogP contribution in [0.1, 0.15) is 41.6 Å². The molecule has 2 aliphatic rings. The van der Waals surface area contributed by atoms with E-state index in [0.29, 0.717) is 18.8 Å². The van der Waals surface area contributed by atoms with Gasteiger partial charge in [-0.3, -0.25) is 9.69 Å². The molecule has 0 radical (unpaired) electrons. The average molecular weight is 429 g/mol. The van der Waals surface area contributed by atoms with Gasteiger partial charge < -0.3 is 24.3 Å². The van der Waals surface area contributed by atoms with Gasteiger partial charge in [-0.2, -0.15) is 0 Å². The molecule has 31 heavy (non-hydrogen) atoms. The highest BCUT2D eigenvalue weighted by Gasteiger charge is 2.34. The van der Waals surface area contributed by atoms with E-state index in [9.17, 15) is 9.59 Å². The standard InChI is InChI=1S/C22H32N6O3/c1-25(2)22(30)28-12-5-8-18(28)20-24-19(17-7-3-4-11-27(17)20)21(29)23-9-6-10-26-13-15-31-16-14-26/h3-4,7,11,18H,5-6,8-10,12-16H2,1-2H3,(H,23,29). The lowest BCUT2D eigenvalue weighted by Crippen LogP contribution is -2.39. The van der Waals surface area contributed by atoms with E-state index in [4.69, 9.17) is 9.72 Å². The molecule has 0 saturated carbocycles. The van der Waals surface area contributed by atoms with Crippen molar-refractivity contribution < 1.29 is 14.3 Å². The lowest BCUT2D eigenvalue weighted by molar-refractivity contribution is 0.0374. The number of rotatable bonds is 6. The SMILES string of the molecule is CN(C)C(=O)N1CCCC1c1nc(C(=O)NCCCN2CCOCC2)c2ccccn12. The fourth-order valence-corrected chi connectivity index (χ4v) is 4.40. The summed E-state index contributed by atoms with van der Waals surface area (Å²) >= 11 is 0. The van der Waals surface area contributed by atoms with Crippen LogP contribution in [0.4, 0.5) is 4.79 Å². The molecule has 2 aliphatic heterocycles. The van der Waals surface area contributed by atoms with E-state index in [-0.39, 0.29) is 18.0 Å². The van der Waals surface area contributed by atoms with E-state index in [0.717, 1.165) is 63.5 Å². The van der Waals surface area contributed by atoms with Gasteiger partial charge in [-0.25, -0.2) is 9.78 Å². The van der Waals surface area contributed by atoms with E-state index in [1.165, 1.54) is 0 Å².